The molecule has 8 heteroatoms. The molecule has 0 aromatic heterocycles. The predicted molar refractivity (Wildman–Crippen MR) is 94.2 cm³/mol. The highest BCUT2D eigenvalue weighted by molar-refractivity contribution is 7.89. The van der Waals surface area contributed by atoms with Gasteiger partial charge >= 0.3 is 0 Å². The maximum absolute atomic E-state index is 14.1. The SMILES string of the molecule is CN1CCN(S(=O)(=O)c2ccc(F)cc2F)C(c2ccccc2)C1.Cl. The summed E-state index contributed by atoms with van der Waals surface area (Å²) in [5.74, 6) is -1.87. The van der Waals surface area contributed by atoms with E-state index in [1.807, 2.05) is 42.3 Å². The Morgan fingerprint density at radius 2 is 1.72 bits per heavy atom. The molecule has 0 radical (unpaired) electrons. The van der Waals surface area contributed by atoms with Crippen molar-refractivity contribution in [1.29, 1.82) is 0 Å². The van der Waals surface area contributed by atoms with E-state index in [1.54, 1.807) is 0 Å². The van der Waals surface area contributed by atoms with E-state index in [4.69, 9.17) is 0 Å². The van der Waals surface area contributed by atoms with Gasteiger partial charge in [0, 0.05) is 25.7 Å². The van der Waals surface area contributed by atoms with Crippen LogP contribution in [0.3, 0.4) is 0 Å². The van der Waals surface area contributed by atoms with Gasteiger partial charge in [-0.2, -0.15) is 4.31 Å². The van der Waals surface area contributed by atoms with Gasteiger partial charge < -0.3 is 4.90 Å². The summed E-state index contributed by atoms with van der Waals surface area (Å²) < 4.78 is 54.4. The molecule has 1 unspecified atom stereocenters. The lowest BCUT2D eigenvalue weighted by Crippen LogP contribution is -2.49. The van der Waals surface area contributed by atoms with Gasteiger partial charge in [0.15, 0.2) is 0 Å². The van der Waals surface area contributed by atoms with Crippen molar-refractivity contribution in [2.75, 3.05) is 26.7 Å². The molecule has 1 aliphatic rings. The zero-order valence-electron chi connectivity index (χ0n) is 13.6. The fourth-order valence-corrected chi connectivity index (χ4v) is 4.59. The summed E-state index contributed by atoms with van der Waals surface area (Å²) in [6.45, 7) is 1.30. The van der Waals surface area contributed by atoms with Crippen LogP contribution in [0.2, 0.25) is 0 Å². The number of nitrogens with zero attached hydrogens (tertiary/aromatic N) is 2. The molecule has 1 fully saturated rings. The number of piperazine rings is 1. The Kier molecular flexibility index (Phi) is 6.16. The third kappa shape index (κ3) is 4.00. The first-order valence-electron chi connectivity index (χ1n) is 7.60. The second-order valence-corrected chi connectivity index (χ2v) is 7.74. The normalized spacial score (nSPS) is 19.4. The van der Waals surface area contributed by atoms with Gasteiger partial charge in [-0.05, 0) is 24.7 Å². The second-order valence-electron chi connectivity index (χ2n) is 5.88. The van der Waals surface area contributed by atoms with Crippen LogP contribution in [0.25, 0.3) is 0 Å². The molecule has 0 amide bonds. The van der Waals surface area contributed by atoms with E-state index in [1.165, 1.54) is 4.31 Å². The Labute approximate surface area is 152 Å². The average Bonchev–Trinajstić information content (AvgIpc) is 2.55. The topological polar surface area (TPSA) is 40.6 Å². The Morgan fingerprint density at radius 3 is 2.36 bits per heavy atom. The van der Waals surface area contributed by atoms with Crippen LogP contribution < -0.4 is 0 Å². The zero-order chi connectivity index (χ0) is 17.3. The van der Waals surface area contributed by atoms with Gasteiger partial charge in [0.05, 0.1) is 6.04 Å². The highest BCUT2D eigenvalue weighted by Gasteiger charge is 2.37. The van der Waals surface area contributed by atoms with Gasteiger partial charge in [-0.25, -0.2) is 17.2 Å². The standard InChI is InChI=1S/C17H18F2N2O2S.ClH/c1-20-9-10-21(16(12-20)13-5-3-2-4-6-13)24(22,23)17-8-7-14(18)11-15(17)19;/h2-8,11,16H,9-10,12H2,1H3;1H. The Bertz CT molecular complexity index is 834. The minimum Gasteiger partial charge on any atom is -0.303 e. The quantitative estimate of drug-likeness (QED) is 0.811. The molecule has 0 saturated carbocycles. The van der Waals surface area contributed by atoms with Crippen molar-refractivity contribution in [1.82, 2.24) is 9.21 Å². The van der Waals surface area contributed by atoms with Crippen LogP contribution in [0.15, 0.2) is 53.4 Å². The first-order valence-corrected chi connectivity index (χ1v) is 9.04. The summed E-state index contributed by atoms with van der Waals surface area (Å²) in [7, 11) is -2.15. The number of hydrogen-bond acceptors (Lipinski definition) is 3. The van der Waals surface area contributed by atoms with E-state index in [2.05, 4.69) is 0 Å². The lowest BCUT2D eigenvalue weighted by molar-refractivity contribution is 0.160. The molecule has 2 aromatic carbocycles. The molecule has 1 aliphatic heterocycles. The fourth-order valence-electron chi connectivity index (χ4n) is 2.95. The van der Waals surface area contributed by atoms with Gasteiger partial charge in [-0.3, -0.25) is 0 Å². The van der Waals surface area contributed by atoms with Gasteiger partial charge in [0.2, 0.25) is 10.0 Å². The van der Waals surface area contributed by atoms with E-state index < -0.39 is 32.6 Å². The zero-order valence-corrected chi connectivity index (χ0v) is 15.2. The first kappa shape index (κ1) is 19.8. The molecule has 4 nitrogen and oxygen atoms in total. The molecule has 1 atom stereocenters. The average molecular weight is 389 g/mol. The van der Waals surface area contributed by atoms with Crippen molar-refractivity contribution >= 4 is 22.4 Å². The van der Waals surface area contributed by atoms with Crippen molar-refractivity contribution in [3.05, 3.63) is 65.7 Å². The largest absolute Gasteiger partial charge is 0.303 e. The molecule has 0 N–H and O–H groups in total. The summed E-state index contributed by atoms with van der Waals surface area (Å²) in [6, 6.07) is 11.4. The third-order valence-corrected chi connectivity index (χ3v) is 6.14. The molecular weight excluding hydrogens is 370 g/mol. The van der Waals surface area contributed by atoms with Crippen LogP contribution in [0.5, 0.6) is 0 Å². The molecule has 136 valence electrons. The lowest BCUT2D eigenvalue weighted by atomic mass is 10.1. The number of likely N-dealkylation sites (N-methyl/N-ethyl adjacent to an activating group) is 1. The molecule has 2 aromatic rings. The smallest absolute Gasteiger partial charge is 0.246 e. The molecular formula is C17H19ClF2N2O2S. The van der Waals surface area contributed by atoms with Crippen LogP contribution in [-0.2, 0) is 10.0 Å². The summed E-state index contributed by atoms with van der Waals surface area (Å²) >= 11 is 0. The van der Waals surface area contributed by atoms with E-state index >= 15 is 0 Å². The Morgan fingerprint density at radius 1 is 1.04 bits per heavy atom. The molecule has 0 spiro atoms. The number of halogens is 3. The minimum atomic E-state index is -4.07. The first-order chi connectivity index (χ1) is 11.4. The minimum absolute atomic E-state index is 0. The van der Waals surface area contributed by atoms with E-state index in [-0.39, 0.29) is 19.0 Å². The number of rotatable bonds is 3. The van der Waals surface area contributed by atoms with Crippen molar-refractivity contribution in [2.45, 2.75) is 10.9 Å². The Hall–Kier alpha value is -1.54. The second kappa shape index (κ2) is 7.78. The summed E-state index contributed by atoms with van der Waals surface area (Å²) in [5.41, 5.74) is 0.843. The summed E-state index contributed by atoms with van der Waals surface area (Å²) in [4.78, 5) is 1.54. The molecule has 3 rings (SSSR count). The van der Waals surface area contributed by atoms with Gasteiger partial charge in [0.1, 0.15) is 16.5 Å². The summed E-state index contributed by atoms with van der Waals surface area (Å²) in [5, 5.41) is 0. The lowest BCUT2D eigenvalue weighted by Gasteiger charge is -2.39. The van der Waals surface area contributed by atoms with Gasteiger partial charge in [-0.15, -0.1) is 12.4 Å². The number of sulfonamides is 1. The third-order valence-electron chi connectivity index (χ3n) is 4.20. The maximum atomic E-state index is 14.1. The van der Waals surface area contributed by atoms with E-state index in [0.717, 1.165) is 17.7 Å². The predicted octanol–water partition coefficient (Wildman–Crippen LogP) is 3.06. The Balaban J connectivity index is 0.00000225. The number of hydrogen-bond donors (Lipinski definition) is 0. The van der Waals surface area contributed by atoms with Crippen molar-refractivity contribution in [3.63, 3.8) is 0 Å². The van der Waals surface area contributed by atoms with Gasteiger partial charge in [-0.1, -0.05) is 30.3 Å². The van der Waals surface area contributed by atoms with Crippen LogP contribution in [0.4, 0.5) is 8.78 Å². The fraction of sp³-hybridized carbons (Fsp3) is 0.294. The van der Waals surface area contributed by atoms with Crippen molar-refractivity contribution in [2.24, 2.45) is 0 Å². The summed E-state index contributed by atoms with van der Waals surface area (Å²) in [6.07, 6.45) is 0. The van der Waals surface area contributed by atoms with Crippen molar-refractivity contribution < 1.29 is 17.2 Å². The van der Waals surface area contributed by atoms with Gasteiger partial charge in [0.25, 0.3) is 0 Å². The van der Waals surface area contributed by atoms with Crippen LogP contribution in [-0.4, -0.2) is 44.3 Å². The molecule has 0 aliphatic carbocycles. The molecule has 1 heterocycles. The molecule has 1 saturated heterocycles. The van der Waals surface area contributed by atoms with Crippen molar-refractivity contribution in [3.8, 4) is 0 Å². The maximum Gasteiger partial charge on any atom is 0.246 e. The highest BCUT2D eigenvalue weighted by Crippen LogP contribution is 2.31. The van der Waals surface area contributed by atoms with Crippen LogP contribution in [0, 0.1) is 11.6 Å². The van der Waals surface area contributed by atoms with Crippen LogP contribution >= 0.6 is 12.4 Å². The van der Waals surface area contributed by atoms with E-state index in [9.17, 15) is 17.2 Å². The molecule has 0 bridgehead atoms. The molecule has 25 heavy (non-hydrogen) atoms. The number of benzene rings is 2. The van der Waals surface area contributed by atoms with Crippen LogP contribution in [0.1, 0.15) is 11.6 Å². The highest BCUT2D eigenvalue weighted by atomic mass is 35.5. The monoisotopic (exact) mass is 388 g/mol. The van der Waals surface area contributed by atoms with E-state index in [0.29, 0.717) is 19.2 Å².